The van der Waals surface area contributed by atoms with Gasteiger partial charge in [-0.3, -0.25) is 14.8 Å². The third-order valence-corrected chi connectivity index (χ3v) is 4.40. The number of carbonyl (C=O) groups excluding carboxylic acids is 1. The maximum absolute atomic E-state index is 14.4. The maximum atomic E-state index is 14.4. The molecule has 0 bridgehead atoms. The van der Waals surface area contributed by atoms with E-state index in [0.29, 0.717) is 5.69 Å². The number of hydrogen-bond acceptors (Lipinski definition) is 6. The number of rotatable bonds is 4. The van der Waals surface area contributed by atoms with E-state index in [1.807, 2.05) is 0 Å². The molecule has 2 aliphatic rings. The molecule has 0 fully saturated rings. The summed E-state index contributed by atoms with van der Waals surface area (Å²) >= 11 is 0. The highest BCUT2D eigenvalue weighted by molar-refractivity contribution is 5.93. The normalized spacial score (nSPS) is 25.5. The van der Waals surface area contributed by atoms with Crippen molar-refractivity contribution in [2.75, 3.05) is 13.2 Å². The monoisotopic (exact) mass is 381 g/mol. The van der Waals surface area contributed by atoms with E-state index in [0.717, 1.165) is 6.08 Å². The van der Waals surface area contributed by atoms with Crippen LogP contribution in [-0.4, -0.2) is 46.9 Å². The number of allylic oxidation sites excluding steroid dienone is 3. The third-order valence-electron chi connectivity index (χ3n) is 4.40. The highest BCUT2D eigenvalue weighted by Crippen LogP contribution is 2.41. The smallest absolute Gasteiger partial charge is 0.275 e. The molecule has 7 nitrogen and oxygen atoms in total. The van der Waals surface area contributed by atoms with Crippen LogP contribution in [0.5, 0.6) is 0 Å². The van der Waals surface area contributed by atoms with Gasteiger partial charge in [-0.25, -0.2) is 18.2 Å². The minimum Gasteiger partial charge on any atom is -0.386 e. The van der Waals surface area contributed by atoms with Gasteiger partial charge in [0, 0.05) is 17.8 Å². The zero-order chi connectivity index (χ0) is 19.6. The first-order valence-corrected chi connectivity index (χ1v) is 8.18. The molecule has 0 spiro atoms. The van der Waals surface area contributed by atoms with Gasteiger partial charge in [0.1, 0.15) is 24.0 Å². The van der Waals surface area contributed by atoms with Crippen LogP contribution in [0.1, 0.15) is 22.6 Å². The number of nitrogens with two attached hydrogens (primary N) is 1. The van der Waals surface area contributed by atoms with Crippen LogP contribution < -0.4 is 11.1 Å². The SMILES string of the molecule is Cc1cnc(C(=O)NC2=CC=C(F)C([C@]3(C(F)F)COCC(N)=N3)C2)cn1. The van der Waals surface area contributed by atoms with Crippen LogP contribution in [0.15, 0.2) is 41.1 Å². The lowest BCUT2D eigenvalue weighted by atomic mass is 9.78. The second kappa shape index (κ2) is 7.47. The summed E-state index contributed by atoms with van der Waals surface area (Å²) in [6, 6.07) is 0. The zero-order valence-corrected chi connectivity index (χ0v) is 14.5. The van der Waals surface area contributed by atoms with Crippen LogP contribution in [-0.2, 0) is 4.74 Å². The number of amidine groups is 1. The zero-order valence-electron chi connectivity index (χ0n) is 14.5. The molecule has 0 saturated carbocycles. The van der Waals surface area contributed by atoms with E-state index in [2.05, 4.69) is 20.3 Å². The van der Waals surface area contributed by atoms with Crippen molar-refractivity contribution in [1.82, 2.24) is 15.3 Å². The molecule has 10 heteroatoms. The summed E-state index contributed by atoms with van der Waals surface area (Å²) in [5.74, 6) is -2.78. The molecule has 27 heavy (non-hydrogen) atoms. The van der Waals surface area contributed by atoms with Gasteiger partial charge in [0.2, 0.25) is 0 Å². The fraction of sp³-hybridized carbons (Fsp3) is 0.412. The number of aryl methyl sites for hydroxylation is 1. The van der Waals surface area contributed by atoms with Crippen molar-refractivity contribution in [3.05, 3.63) is 47.5 Å². The molecule has 1 unspecified atom stereocenters. The predicted molar refractivity (Wildman–Crippen MR) is 90.8 cm³/mol. The summed E-state index contributed by atoms with van der Waals surface area (Å²) in [4.78, 5) is 24.0. The van der Waals surface area contributed by atoms with Crippen molar-refractivity contribution in [2.24, 2.45) is 16.6 Å². The van der Waals surface area contributed by atoms with Crippen LogP contribution in [0, 0.1) is 12.8 Å². The molecular weight excluding hydrogens is 363 g/mol. The van der Waals surface area contributed by atoms with Gasteiger partial charge in [0.25, 0.3) is 12.3 Å². The van der Waals surface area contributed by atoms with E-state index in [1.54, 1.807) is 6.92 Å². The topological polar surface area (TPSA) is 102 Å². The van der Waals surface area contributed by atoms with E-state index in [4.69, 9.17) is 10.5 Å². The van der Waals surface area contributed by atoms with Gasteiger partial charge in [0.15, 0.2) is 5.54 Å². The van der Waals surface area contributed by atoms with Gasteiger partial charge in [-0.2, -0.15) is 0 Å². The largest absolute Gasteiger partial charge is 0.386 e. The Morgan fingerprint density at radius 1 is 1.37 bits per heavy atom. The molecule has 0 saturated heterocycles. The molecule has 2 heterocycles. The van der Waals surface area contributed by atoms with Gasteiger partial charge in [-0.05, 0) is 25.5 Å². The Labute approximate surface area is 153 Å². The standard InChI is InChI=1S/C17H18F3N5O2/c1-9-5-23-13(6-22-9)15(26)24-10-2-3-12(18)11(4-10)17(16(19)20)8-27-7-14(21)25-17/h2-3,5-6,11,16H,4,7-8H2,1H3,(H2,21,25)(H,24,26)/t11?,17-/m0/s1. The molecule has 0 aromatic carbocycles. The third kappa shape index (κ3) is 3.85. The lowest BCUT2D eigenvalue weighted by molar-refractivity contribution is -0.0376. The molecule has 1 aromatic heterocycles. The number of nitrogens with zero attached hydrogens (tertiary/aromatic N) is 3. The van der Waals surface area contributed by atoms with Crippen LogP contribution in [0.2, 0.25) is 0 Å². The van der Waals surface area contributed by atoms with E-state index in [9.17, 15) is 18.0 Å². The van der Waals surface area contributed by atoms with Crippen molar-refractivity contribution < 1.29 is 22.7 Å². The lowest BCUT2D eigenvalue weighted by Crippen LogP contribution is -2.53. The molecule has 144 valence electrons. The number of amides is 1. The Kier molecular flexibility index (Phi) is 5.26. The highest BCUT2D eigenvalue weighted by atomic mass is 19.3. The van der Waals surface area contributed by atoms with Crippen LogP contribution in [0.4, 0.5) is 13.2 Å². The first kappa shape index (κ1) is 19.0. The number of aliphatic imine (C=N–C) groups is 1. The van der Waals surface area contributed by atoms with Crippen molar-refractivity contribution in [3.63, 3.8) is 0 Å². The minimum atomic E-state index is -3.00. The molecule has 0 radical (unpaired) electrons. The second-order valence-electron chi connectivity index (χ2n) is 6.39. The molecule has 1 aliphatic carbocycles. The summed E-state index contributed by atoms with van der Waals surface area (Å²) in [6.45, 7) is 1.17. The minimum absolute atomic E-state index is 0.0555. The van der Waals surface area contributed by atoms with Gasteiger partial charge < -0.3 is 15.8 Å². The number of hydrogen-bond donors (Lipinski definition) is 2. The van der Waals surface area contributed by atoms with Gasteiger partial charge in [-0.1, -0.05) is 0 Å². The summed E-state index contributed by atoms with van der Waals surface area (Å²) < 4.78 is 47.2. The average molecular weight is 381 g/mol. The summed E-state index contributed by atoms with van der Waals surface area (Å²) in [6.07, 6.45) is 1.88. The number of carbonyl (C=O) groups is 1. The van der Waals surface area contributed by atoms with Crippen molar-refractivity contribution in [1.29, 1.82) is 0 Å². The van der Waals surface area contributed by atoms with E-state index in [1.165, 1.54) is 18.5 Å². The first-order chi connectivity index (χ1) is 12.8. The van der Waals surface area contributed by atoms with Gasteiger partial charge >= 0.3 is 0 Å². The van der Waals surface area contributed by atoms with E-state index in [-0.39, 0.29) is 30.3 Å². The highest BCUT2D eigenvalue weighted by Gasteiger charge is 2.51. The number of nitrogens with one attached hydrogen (secondary N) is 1. The molecule has 3 rings (SSSR count). The Morgan fingerprint density at radius 3 is 2.78 bits per heavy atom. The van der Waals surface area contributed by atoms with Crippen molar-refractivity contribution in [2.45, 2.75) is 25.3 Å². The summed E-state index contributed by atoms with van der Waals surface area (Å²) in [7, 11) is 0. The van der Waals surface area contributed by atoms with Crippen LogP contribution in [0.25, 0.3) is 0 Å². The molecule has 3 N–H and O–H groups in total. The van der Waals surface area contributed by atoms with Crippen LogP contribution >= 0.6 is 0 Å². The predicted octanol–water partition coefficient (Wildman–Crippen LogP) is 1.66. The molecule has 2 atom stereocenters. The lowest BCUT2D eigenvalue weighted by Gasteiger charge is -2.39. The molecule has 1 amide bonds. The van der Waals surface area contributed by atoms with Crippen molar-refractivity contribution >= 4 is 11.7 Å². The Morgan fingerprint density at radius 2 is 2.15 bits per heavy atom. The summed E-state index contributed by atoms with van der Waals surface area (Å²) in [5, 5.41) is 2.55. The quantitative estimate of drug-likeness (QED) is 0.826. The maximum Gasteiger partial charge on any atom is 0.275 e. The molecule has 1 aliphatic heterocycles. The van der Waals surface area contributed by atoms with Gasteiger partial charge in [0.05, 0.1) is 18.5 Å². The van der Waals surface area contributed by atoms with E-state index >= 15 is 0 Å². The Bertz CT molecular complexity index is 822. The number of alkyl halides is 2. The fourth-order valence-corrected chi connectivity index (χ4v) is 3.00. The molecular formula is C17H18F3N5O2. The Balaban J connectivity index is 1.82. The van der Waals surface area contributed by atoms with Crippen molar-refractivity contribution in [3.8, 4) is 0 Å². The second-order valence-corrected chi connectivity index (χ2v) is 6.39. The Hall–Kier alpha value is -2.75. The van der Waals surface area contributed by atoms with E-state index < -0.39 is 36.2 Å². The number of aromatic nitrogens is 2. The van der Waals surface area contributed by atoms with Gasteiger partial charge in [-0.15, -0.1) is 0 Å². The summed E-state index contributed by atoms with van der Waals surface area (Å²) in [5.41, 5.74) is 4.36. The first-order valence-electron chi connectivity index (χ1n) is 8.18. The van der Waals surface area contributed by atoms with Crippen LogP contribution in [0.3, 0.4) is 0 Å². The molecule has 1 aromatic rings. The number of halogens is 3. The number of ether oxygens (including phenoxy) is 1. The average Bonchev–Trinajstić information content (AvgIpc) is 2.63. The fourth-order valence-electron chi connectivity index (χ4n) is 3.00.